The van der Waals surface area contributed by atoms with E-state index in [1.165, 1.54) is 28.4 Å². The van der Waals surface area contributed by atoms with Gasteiger partial charge in [-0.1, -0.05) is 6.07 Å². The van der Waals surface area contributed by atoms with E-state index >= 15 is 0 Å². The van der Waals surface area contributed by atoms with Gasteiger partial charge in [0.05, 0.1) is 47.0 Å². The Labute approximate surface area is 157 Å². The van der Waals surface area contributed by atoms with E-state index in [9.17, 15) is 4.79 Å². The summed E-state index contributed by atoms with van der Waals surface area (Å²) in [4.78, 5) is 13.2. The van der Waals surface area contributed by atoms with E-state index < -0.39 is 5.92 Å². The molecule has 0 spiro atoms. The summed E-state index contributed by atoms with van der Waals surface area (Å²) >= 11 is 0. The van der Waals surface area contributed by atoms with Gasteiger partial charge in [0.25, 0.3) is 0 Å². The summed E-state index contributed by atoms with van der Waals surface area (Å²) < 4.78 is 32.7. The lowest BCUT2D eigenvalue weighted by Crippen LogP contribution is -2.26. The number of rotatable bonds is 6. The SMILES string of the molecule is COc1cc2c(cc1OC)C(=O)C(c1ccc(OC)c(OC)c1OC)CO2. The second-order valence-corrected chi connectivity index (χ2v) is 5.85. The summed E-state index contributed by atoms with van der Waals surface area (Å²) in [6, 6.07) is 6.83. The van der Waals surface area contributed by atoms with Crippen LogP contribution in [0.5, 0.6) is 34.5 Å². The third kappa shape index (κ3) is 3.09. The molecular weight excluding hydrogens is 352 g/mol. The number of ether oxygens (including phenoxy) is 6. The van der Waals surface area contributed by atoms with Crippen LogP contribution in [-0.2, 0) is 0 Å². The maximum atomic E-state index is 13.2. The van der Waals surface area contributed by atoms with Crippen LogP contribution in [0.3, 0.4) is 0 Å². The highest BCUT2D eigenvalue weighted by atomic mass is 16.5. The van der Waals surface area contributed by atoms with Gasteiger partial charge in [0.2, 0.25) is 5.75 Å². The largest absolute Gasteiger partial charge is 0.493 e. The molecule has 2 aromatic rings. The molecule has 0 N–H and O–H groups in total. The molecule has 7 nitrogen and oxygen atoms in total. The van der Waals surface area contributed by atoms with Crippen LogP contribution in [0.1, 0.15) is 21.8 Å². The summed E-state index contributed by atoms with van der Waals surface area (Å²) in [5.41, 5.74) is 1.10. The van der Waals surface area contributed by atoms with Crippen LogP contribution in [0, 0.1) is 0 Å². The first-order valence-corrected chi connectivity index (χ1v) is 8.31. The minimum absolute atomic E-state index is 0.0947. The van der Waals surface area contributed by atoms with Crippen molar-refractivity contribution in [1.82, 2.24) is 0 Å². The number of carbonyl (C=O) groups is 1. The Kier molecular flexibility index (Phi) is 5.30. The van der Waals surface area contributed by atoms with E-state index in [0.29, 0.717) is 45.6 Å². The zero-order chi connectivity index (χ0) is 19.6. The molecule has 27 heavy (non-hydrogen) atoms. The zero-order valence-corrected chi connectivity index (χ0v) is 16.0. The number of carbonyl (C=O) groups excluding carboxylic acids is 1. The summed E-state index contributed by atoms with van der Waals surface area (Å²) in [6.45, 7) is 0.174. The Morgan fingerprint density at radius 3 is 2.04 bits per heavy atom. The molecule has 0 fully saturated rings. The van der Waals surface area contributed by atoms with Crippen LogP contribution < -0.4 is 28.4 Å². The van der Waals surface area contributed by atoms with Gasteiger partial charge in [0.1, 0.15) is 12.4 Å². The van der Waals surface area contributed by atoms with Gasteiger partial charge in [-0.3, -0.25) is 4.79 Å². The molecule has 2 aromatic carbocycles. The molecule has 1 unspecified atom stereocenters. The molecule has 0 aromatic heterocycles. The number of ketones is 1. The summed E-state index contributed by atoms with van der Waals surface area (Å²) in [5.74, 6) is 2.20. The molecule has 0 saturated heterocycles. The first kappa shape index (κ1) is 18.7. The molecule has 144 valence electrons. The molecule has 0 radical (unpaired) electrons. The standard InChI is InChI=1S/C20H22O7/c1-22-14-7-6-11(19(25-4)20(14)26-5)13-10-27-15-9-17(24-3)16(23-2)8-12(15)18(13)21/h6-9,13H,10H2,1-5H3. The zero-order valence-electron chi connectivity index (χ0n) is 16.0. The number of methoxy groups -OCH3 is 5. The highest BCUT2D eigenvalue weighted by Gasteiger charge is 2.35. The van der Waals surface area contributed by atoms with Gasteiger partial charge < -0.3 is 28.4 Å². The number of fused-ring (bicyclic) bond motifs is 1. The van der Waals surface area contributed by atoms with Crippen LogP contribution in [0.15, 0.2) is 24.3 Å². The van der Waals surface area contributed by atoms with Gasteiger partial charge in [-0.15, -0.1) is 0 Å². The van der Waals surface area contributed by atoms with Gasteiger partial charge in [-0.05, 0) is 12.1 Å². The molecule has 1 atom stereocenters. The molecule has 1 aliphatic rings. The number of benzene rings is 2. The van der Waals surface area contributed by atoms with E-state index in [2.05, 4.69) is 0 Å². The minimum Gasteiger partial charge on any atom is -0.493 e. The predicted octanol–water partition coefficient (Wildman–Crippen LogP) is 3.09. The van der Waals surface area contributed by atoms with Gasteiger partial charge in [0.15, 0.2) is 28.8 Å². The van der Waals surface area contributed by atoms with Crippen LogP contribution in [-0.4, -0.2) is 47.9 Å². The maximum Gasteiger partial charge on any atom is 0.203 e. The third-order valence-electron chi connectivity index (χ3n) is 4.58. The fourth-order valence-corrected chi connectivity index (χ4v) is 3.24. The summed E-state index contributed by atoms with van der Waals surface area (Å²) in [6.07, 6.45) is 0. The van der Waals surface area contributed by atoms with Crippen LogP contribution >= 0.6 is 0 Å². The van der Waals surface area contributed by atoms with Crippen molar-refractivity contribution in [1.29, 1.82) is 0 Å². The lowest BCUT2D eigenvalue weighted by atomic mass is 9.88. The Hall–Kier alpha value is -3.09. The van der Waals surface area contributed by atoms with E-state index in [0.717, 1.165) is 0 Å². The lowest BCUT2D eigenvalue weighted by Gasteiger charge is -2.27. The van der Waals surface area contributed by atoms with Crippen LogP contribution in [0.4, 0.5) is 0 Å². The fraction of sp³-hybridized carbons (Fsp3) is 0.350. The van der Waals surface area contributed by atoms with Crippen molar-refractivity contribution in [3.63, 3.8) is 0 Å². The molecule has 0 saturated carbocycles. The van der Waals surface area contributed by atoms with Gasteiger partial charge in [0, 0.05) is 11.6 Å². The molecule has 0 amide bonds. The molecule has 0 aliphatic carbocycles. The number of hydrogen-bond donors (Lipinski definition) is 0. The first-order valence-electron chi connectivity index (χ1n) is 8.31. The lowest BCUT2D eigenvalue weighted by molar-refractivity contribution is 0.0893. The maximum absolute atomic E-state index is 13.2. The molecule has 7 heteroatoms. The third-order valence-corrected chi connectivity index (χ3v) is 4.58. The van der Waals surface area contributed by atoms with Crippen LogP contribution in [0.2, 0.25) is 0 Å². The van der Waals surface area contributed by atoms with E-state index in [4.69, 9.17) is 28.4 Å². The Morgan fingerprint density at radius 1 is 0.815 bits per heavy atom. The van der Waals surface area contributed by atoms with Gasteiger partial charge >= 0.3 is 0 Å². The first-order chi connectivity index (χ1) is 13.1. The van der Waals surface area contributed by atoms with E-state index in [1.807, 2.05) is 0 Å². The predicted molar refractivity (Wildman–Crippen MR) is 98.2 cm³/mol. The Morgan fingerprint density at radius 2 is 1.44 bits per heavy atom. The molecule has 1 heterocycles. The normalized spacial score (nSPS) is 15.4. The Bertz CT molecular complexity index is 860. The highest BCUT2D eigenvalue weighted by Crippen LogP contribution is 2.46. The molecule has 0 bridgehead atoms. The monoisotopic (exact) mass is 374 g/mol. The van der Waals surface area contributed by atoms with Crippen molar-refractivity contribution in [3.8, 4) is 34.5 Å². The number of Topliss-reactive ketones (excluding diaryl/α,β-unsaturated/α-hetero) is 1. The van der Waals surface area contributed by atoms with Crippen LogP contribution in [0.25, 0.3) is 0 Å². The van der Waals surface area contributed by atoms with Gasteiger partial charge in [-0.25, -0.2) is 0 Å². The summed E-state index contributed by atoms with van der Waals surface area (Å²) in [5, 5.41) is 0. The quantitative estimate of drug-likeness (QED) is 0.769. The van der Waals surface area contributed by atoms with Crippen molar-refractivity contribution in [2.45, 2.75) is 5.92 Å². The molecule has 1 aliphatic heterocycles. The summed E-state index contributed by atoms with van der Waals surface area (Å²) in [7, 11) is 7.65. The van der Waals surface area contributed by atoms with Crippen molar-refractivity contribution in [2.24, 2.45) is 0 Å². The fourth-order valence-electron chi connectivity index (χ4n) is 3.24. The molecule has 3 rings (SSSR count). The van der Waals surface area contributed by atoms with E-state index in [1.54, 1.807) is 31.4 Å². The van der Waals surface area contributed by atoms with Crippen molar-refractivity contribution in [2.75, 3.05) is 42.2 Å². The van der Waals surface area contributed by atoms with Crippen molar-refractivity contribution >= 4 is 5.78 Å². The number of hydrogen-bond acceptors (Lipinski definition) is 7. The minimum atomic E-state index is -0.551. The van der Waals surface area contributed by atoms with Crippen molar-refractivity contribution < 1.29 is 33.2 Å². The van der Waals surface area contributed by atoms with Gasteiger partial charge in [-0.2, -0.15) is 0 Å². The highest BCUT2D eigenvalue weighted by molar-refractivity contribution is 6.05. The second-order valence-electron chi connectivity index (χ2n) is 5.85. The Balaban J connectivity index is 2.08. The smallest absolute Gasteiger partial charge is 0.203 e. The topological polar surface area (TPSA) is 72.5 Å². The second kappa shape index (κ2) is 7.65. The van der Waals surface area contributed by atoms with E-state index in [-0.39, 0.29) is 12.4 Å². The average Bonchev–Trinajstić information content (AvgIpc) is 2.71. The van der Waals surface area contributed by atoms with Crippen molar-refractivity contribution in [3.05, 3.63) is 35.4 Å². The average molecular weight is 374 g/mol. The molecular formula is C20H22O7.